The zero-order valence-corrected chi connectivity index (χ0v) is 13.5. The van der Waals surface area contributed by atoms with Gasteiger partial charge in [-0.1, -0.05) is 0 Å². The third kappa shape index (κ3) is 2.80. The number of anilines is 1. The lowest BCUT2D eigenvalue weighted by Gasteiger charge is -2.35. The van der Waals surface area contributed by atoms with Crippen LogP contribution in [-0.4, -0.2) is 59.6 Å². The lowest BCUT2D eigenvalue weighted by Crippen LogP contribution is -2.53. The highest BCUT2D eigenvalue weighted by Gasteiger charge is 2.30. The van der Waals surface area contributed by atoms with Crippen molar-refractivity contribution in [1.29, 1.82) is 0 Å². The van der Waals surface area contributed by atoms with Gasteiger partial charge >= 0.3 is 0 Å². The van der Waals surface area contributed by atoms with Gasteiger partial charge in [-0.3, -0.25) is 10.1 Å². The summed E-state index contributed by atoms with van der Waals surface area (Å²) in [5, 5.41) is 4.35. The molecule has 0 radical (unpaired) electrons. The molecular formula is C13H20N4OS2. The first-order valence-electron chi connectivity index (χ1n) is 6.94. The third-order valence-electron chi connectivity index (χ3n) is 3.89. The molecule has 0 spiro atoms. The molecule has 1 atom stereocenters. The number of amides is 1. The molecule has 0 saturated carbocycles. The van der Waals surface area contributed by atoms with Gasteiger partial charge in [-0.15, -0.1) is 23.1 Å². The van der Waals surface area contributed by atoms with Crippen LogP contribution in [0.5, 0.6) is 0 Å². The van der Waals surface area contributed by atoms with Crippen molar-refractivity contribution in [1.82, 2.24) is 15.2 Å². The van der Waals surface area contributed by atoms with Crippen molar-refractivity contribution in [2.45, 2.75) is 19.9 Å². The molecule has 3 rings (SSSR count). The van der Waals surface area contributed by atoms with E-state index in [0.717, 1.165) is 48.6 Å². The van der Waals surface area contributed by atoms with E-state index in [-0.39, 0.29) is 11.9 Å². The maximum Gasteiger partial charge on any atom is 0.240 e. The highest BCUT2D eigenvalue weighted by Crippen LogP contribution is 2.26. The summed E-state index contributed by atoms with van der Waals surface area (Å²) in [4.78, 5) is 22.5. The second-order valence-corrected chi connectivity index (χ2v) is 7.43. The highest BCUT2D eigenvalue weighted by molar-refractivity contribution is 7.99. The van der Waals surface area contributed by atoms with Crippen molar-refractivity contribution in [3.8, 4) is 0 Å². The molecule has 1 N–H and O–H groups in total. The quantitative estimate of drug-likeness (QED) is 0.885. The van der Waals surface area contributed by atoms with E-state index < -0.39 is 0 Å². The van der Waals surface area contributed by atoms with E-state index in [1.807, 2.05) is 4.90 Å². The Balaban J connectivity index is 1.57. The zero-order chi connectivity index (χ0) is 14.1. The van der Waals surface area contributed by atoms with Crippen LogP contribution < -0.4 is 10.2 Å². The summed E-state index contributed by atoms with van der Waals surface area (Å²) in [6.07, 6.45) is 0. The van der Waals surface area contributed by atoms with Crippen LogP contribution in [0.1, 0.15) is 10.6 Å². The molecule has 7 heteroatoms. The minimum atomic E-state index is 0.0240. The van der Waals surface area contributed by atoms with Crippen LogP contribution in [-0.2, 0) is 4.79 Å². The summed E-state index contributed by atoms with van der Waals surface area (Å²) in [5.41, 5.74) is 1.12. The number of carbonyl (C=O) groups excluding carboxylic acids is 1. The SMILES string of the molecule is Cc1nc(N2CCN(C(=O)C3CSCN3)CC2)sc1C. The molecule has 5 nitrogen and oxygen atoms in total. The van der Waals surface area contributed by atoms with E-state index in [9.17, 15) is 4.79 Å². The predicted molar refractivity (Wildman–Crippen MR) is 84.6 cm³/mol. The molecule has 110 valence electrons. The summed E-state index contributed by atoms with van der Waals surface area (Å²) >= 11 is 3.55. The van der Waals surface area contributed by atoms with Gasteiger partial charge in [0.1, 0.15) is 0 Å². The first kappa shape index (κ1) is 14.2. The van der Waals surface area contributed by atoms with Crippen molar-refractivity contribution in [2.24, 2.45) is 0 Å². The van der Waals surface area contributed by atoms with Crippen molar-refractivity contribution >= 4 is 34.1 Å². The number of hydrogen-bond acceptors (Lipinski definition) is 6. The summed E-state index contributed by atoms with van der Waals surface area (Å²) in [6.45, 7) is 7.55. The van der Waals surface area contributed by atoms with Gasteiger partial charge in [-0.2, -0.15) is 0 Å². The van der Waals surface area contributed by atoms with E-state index in [4.69, 9.17) is 0 Å². The van der Waals surface area contributed by atoms with Gasteiger partial charge in [0.15, 0.2) is 5.13 Å². The summed E-state index contributed by atoms with van der Waals surface area (Å²) in [7, 11) is 0. The van der Waals surface area contributed by atoms with Crippen molar-refractivity contribution < 1.29 is 4.79 Å². The molecule has 1 aromatic rings. The van der Waals surface area contributed by atoms with E-state index in [1.165, 1.54) is 4.88 Å². The van der Waals surface area contributed by atoms with E-state index in [1.54, 1.807) is 23.1 Å². The fraction of sp³-hybridized carbons (Fsp3) is 0.692. The Kier molecular flexibility index (Phi) is 4.18. The minimum Gasteiger partial charge on any atom is -0.345 e. The highest BCUT2D eigenvalue weighted by atomic mass is 32.2. The molecule has 1 unspecified atom stereocenters. The number of hydrogen-bond donors (Lipinski definition) is 1. The Morgan fingerprint density at radius 3 is 2.60 bits per heavy atom. The maximum absolute atomic E-state index is 12.3. The Morgan fingerprint density at radius 2 is 2.05 bits per heavy atom. The molecule has 2 fully saturated rings. The molecule has 1 amide bonds. The number of thioether (sulfide) groups is 1. The fourth-order valence-electron chi connectivity index (χ4n) is 2.48. The molecule has 2 saturated heterocycles. The van der Waals surface area contributed by atoms with Crippen LogP contribution in [0.15, 0.2) is 0 Å². The Labute approximate surface area is 127 Å². The summed E-state index contributed by atoms with van der Waals surface area (Å²) < 4.78 is 0. The molecule has 0 aromatic carbocycles. The zero-order valence-electron chi connectivity index (χ0n) is 11.9. The lowest BCUT2D eigenvalue weighted by molar-refractivity contribution is -0.132. The van der Waals surface area contributed by atoms with Gasteiger partial charge in [-0.05, 0) is 13.8 Å². The van der Waals surface area contributed by atoms with E-state index in [0.29, 0.717) is 0 Å². The third-order valence-corrected chi connectivity index (χ3v) is 5.97. The molecule has 20 heavy (non-hydrogen) atoms. The standard InChI is InChI=1S/C13H20N4OS2/c1-9-10(2)20-13(15-9)17-5-3-16(4-6-17)12(18)11-7-19-8-14-11/h11,14H,3-8H2,1-2H3. The van der Waals surface area contributed by atoms with Gasteiger partial charge in [0.2, 0.25) is 5.91 Å². The first-order valence-corrected chi connectivity index (χ1v) is 8.91. The van der Waals surface area contributed by atoms with Gasteiger partial charge in [0.25, 0.3) is 0 Å². The van der Waals surface area contributed by atoms with E-state index >= 15 is 0 Å². The van der Waals surface area contributed by atoms with Crippen LogP contribution in [0.3, 0.4) is 0 Å². The summed E-state index contributed by atoms with van der Waals surface area (Å²) in [6, 6.07) is 0.0240. The molecule has 2 aliphatic heterocycles. The van der Waals surface area contributed by atoms with Gasteiger partial charge < -0.3 is 9.80 Å². The smallest absolute Gasteiger partial charge is 0.240 e. The van der Waals surface area contributed by atoms with E-state index in [2.05, 4.69) is 29.0 Å². The molecule has 1 aromatic heterocycles. The molecule has 0 bridgehead atoms. The number of nitrogens with zero attached hydrogens (tertiary/aromatic N) is 3. The maximum atomic E-state index is 12.3. The predicted octanol–water partition coefficient (Wildman–Crippen LogP) is 1.07. The van der Waals surface area contributed by atoms with Gasteiger partial charge in [-0.25, -0.2) is 4.98 Å². The van der Waals surface area contributed by atoms with Gasteiger partial charge in [0, 0.05) is 42.7 Å². The van der Waals surface area contributed by atoms with Crippen LogP contribution >= 0.6 is 23.1 Å². The second kappa shape index (κ2) is 5.91. The van der Waals surface area contributed by atoms with Gasteiger partial charge in [0.05, 0.1) is 11.7 Å². The summed E-state index contributed by atoms with van der Waals surface area (Å²) in [5.74, 6) is 2.07. The van der Waals surface area contributed by atoms with Crippen LogP contribution in [0.4, 0.5) is 5.13 Å². The molecule has 3 heterocycles. The number of aryl methyl sites for hydroxylation is 2. The topological polar surface area (TPSA) is 48.5 Å². The van der Waals surface area contributed by atoms with Crippen molar-refractivity contribution in [3.63, 3.8) is 0 Å². The Hall–Kier alpha value is -0.790. The number of carbonyl (C=O) groups is 1. The second-order valence-electron chi connectivity index (χ2n) is 5.22. The molecular weight excluding hydrogens is 292 g/mol. The van der Waals surface area contributed by atoms with Crippen LogP contribution in [0.2, 0.25) is 0 Å². The number of rotatable bonds is 2. The number of piperazine rings is 1. The molecule has 2 aliphatic rings. The monoisotopic (exact) mass is 312 g/mol. The minimum absolute atomic E-state index is 0.0240. The van der Waals surface area contributed by atoms with Crippen LogP contribution in [0.25, 0.3) is 0 Å². The Morgan fingerprint density at radius 1 is 1.30 bits per heavy atom. The average Bonchev–Trinajstić information content (AvgIpc) is 3.09. The first-order chi connectivity index (χ1) is 9.65. The fourth-order valence-corrected chi connectivity index (χ4v) is 4.38. The average molecular weight is 312 g/mol. The Bertz CT molecular complexity index is 471. The largest absolute Gasteiger partial charge is 0.345 e. The normalized spacial score (nSPS) is 23.4. The van der Waals surface area contributed by atoms with Crippen molar-refractivity contribution in [3.05, 3.63) is 10.6 Å². The molecule has 0 aliphatic carbocycles. The number of nitrogens with one attached hydrogen (secondary N) is 1. The van der Waals surface area contributed by atoms with Crippen LogP contribution in [0, 0.1) is 13.8 Å². The van der Waals surface area contributed by atoms with Crippen molar-refractivity contribution in [2.75, 3.05) is 42.7 Å². The number of thiazole rings is 1. The lowest BCUT2D eigenvalue weighted by atomic mass is 10.2. The number of aromatic nitrogens is 1.